The van der Waals surface area contributed by atoms with Crippen molar-refractivity contribution in [2.45, 2.75) is 0 Å². The lowest BCUT2D eigenvalue weighted by Gasteiger charge is -2.04. The Morgan fingerprint density at radius 3 is 1.18 bits per heavy atom. The van der Waals surface area contributed by atoms with Gasteiger partial charge in [-0.15, -0.1) is 0 Å². The standard InChI is InChI=1S/C18H14N4/c1-5-15(17-19-9-10-20-17)6-2-13(1)14-3-7-16(8-4-14)18-21-11-12-22-18/h1-12H,(H,19,20)(H,21,22). The van der Waals surface area contributed by atoms with Gasteiger partial charge in [0, 0.05) is 35.9 Å². The first-order chi connectivity index (χ1) is 10.9. The molecule has 106 valence electrons. The number of rotatable bonds is 3. The van der Waals surface area contributed by atoms with Crippen LogP contribution >= 0.6 is 0 Å². The molecule has 22 heavy (non-hydrogen) atoms. The van der Waals surface area contributed by atoms with Crippen molar-refractivity contribution < 1.29 is 0 Å². The molecule has 0 saturated carbocycles. The molecule has 0 unspecified atom stereocenters. The van der Waals surface area contributed by atoms with Crippen molar-refractivity contribution in [2.75, 3.05) is 0 Å². The predicted molar refractivity (Wildman–Crippen MR) is 87.0 cm³/mol. The van der Waals surface area contributed by atoms with Gasteiger partial charge in [-0.2, -0.15) is 0 Å². The first-order valence-electron chi connectivity index (χ1n) is 7.10. The maximum atomic E-state index is 4.26. The van der Waals surface area contributed by atoms with E-state index in [4.69, 9.17) is 0 Å². The lowest BCUT2D eigenvalue weighted by atomic mass is 10.0. The molecule has 4 nitrogen and oxygen atoms in total. The summed E-state index contributed by atoms with van der Waals surface area (Å²) in [6, 6.07) is 16.8. The highest BCUT2D eigenvalue weighted by Gasteiger charge is 2.03. The third-order valence-corrected chi connectivity index (χ3v) is 3.65. The zero-order valence-electron chi connectivity index (χ0n) is 11.8. The van der Waals surface area contributed by atoms with Crippen molar-refractivity contribution in [3.05, 3.63) is 73.3 Å². The zero-order chi connectivity index (χ0) is 14.8. The van der Waals surface area contributed by atoms with Crippen LogP contribution in [-0.2, 0) is 0 Å². The van der Waals surface area contributed by atoms with Crippen LogP contribution in [0.1, 0.15) is 0 Å². The first-order valence-corrected chi connectivity index (χ1v) is 7.10. The van der Waals surface area contributed by atoms with Gasteiger partial charge in [0.15, 0.2) is 0 Å². The molecule has 0 aliphatic heterocycles. The van der Waals surface area contributed by atoms with Crippen molar-refractivity contribution in [1.82, 2.24) is 19.9 Å². The lowest BCUT2D eigenvalue weighted by molar-refractivity contribution is 1.31. The van der Waals surface area contributed by atoms with Crippen LogP contribution in [0, 0.1) is 0 Å². The molecule has 0 bridgehead atoms. The Kier molecular flexibility index (Phi) is 3.05. The minimum absolute atomic E-state index is 0.889. The highest BCUT2D eigenvalue weighted by Crippen LogP contribution is 2.25. The smallest absolute Gasteiger partial charge is 0.137 e. The fourth-order valence-electron chi connectivity index (χ4n) is 2.49. The van der Waals surface area contributed by atoms with Gasteiger partial charge in [-0.25, -0.2) is 9.97 Å². The Morgan fingerprint density at radius 2 is 0.864 bits per heavy atom. The molecule has 0 radical (unpaired) electrons. The third kappa shape index (κ3) is 2.31. The summed E-state index contributed by atoms with van der Waals surface area (Å²) in [7, 11) is 0. The molecule has 2 N–H and O–H groups in total. The van der Waals surface area contributed by atoms with Gasteiger partial charge >= 0.3 is 0 Å². The highest BCUT2D eigenvalue weighted by molar-refractivity contribution is 5.70. The summed E-state index contributed by atoms with van der Waals surface area (Å²) in [5.74, 6) is 1.78. The van der Waals surface area contributed by atoms with E-state index in [0.717, 1.165) is 22.8 Å². The number of hydrogen-bond acceptors (Lipinski definition) is 2. The SMILES string of the molecule is c1c[nH]c(-c2ccc(-c3ccc(-c4ncc[nH]4)cc3)cc2)n1. The number of nitrogens with zero attached hydrogens (tertiary/aromatic N) is 2. The minimum Gasteiger partial charge on any atom is -0.345 e. The van der Waals surface area contributed by atoms with Crippen molar-refractivity contribution in [1.29, 1.82) is 0 Å². The second-order valence-electron chi connectivity index (χ2n) is 5.03. The van der Waals surface area contributed by atoms with E-state index < -0.39 is 0 Å². The molecule has 0 atom stereocenters. The van der Waals surface area contributed by atoms with Gasteiger partial charge in [-0.1, -0.05) is 48.5 Å². The summed E-state index contributed by atoms with van der Waals surface area (Å²) in [5.41, 5.74) is 4.53. The monoisotopic (exact) mass is 286 g/mol. The molecule has 0 aliphatic carbocycles. The highest BCUT2D eigenvalue weighted by atomic mass is 14.9. The number of nitrogens with one attached hydrogen (secondary N) is 2. The van der Waals surface area contributed by atoms with Crippen LogP contribution in [0.5, 0.6) is 0 Å². The van der Waals surface area contributed by atoms with E-state index >= 15 is 0 Å². The van der Waals surface area contributed by atoms with E-state index in [1.165, 1.54) is 11.1 Å². The Hall–Kier alpha value is -3.14. The van der Waals surface area contributed by atoms with E-state index in [9.17, 15) is 0 Å². The van der Waals surface area contributed by atoms with Crippen molar-refractivity contribution in [3.63, 3.8) is 0 Å². The second-order valence-corrected chi connectivity index (χ2v) is 5.03. The number of hydrogen-bond donors (Lipinski definition) is 2. The van der Waals surface area contributed by atoms with Gasteiger partial charge in [-0.3, -0.25) is 0 Å². The maximum Gasteiger partial charge on any atom is 0.137 e. The fraction of sp³-hybridized carbons (Fsp3) is 0. The minimum atomic E-state index is 0.889. The van der Waals surface area contributed by atoms with Gasteiger partial charge in [0.05, 0.1) is 0 Å². The van der Waals surface area contributed by atoms with Crippen LogP contribution in [-0.4, -0.2) is 19.9 Å². The Bertz CT molecular complexity index is 767. The molecular weight excluding hydrogens is 272 g/mol. The predicted octanol–water partition coefficient (Wildman–Crippen LogP) is 4.13. The molecule has 2 aromatic carbocycles. The van der Waals surface area contributed by atoms with Crippen LogP contribution in [0.4, 0.5) is 0 Å². The lowest BCUT2D eigenvalue weighted by Crippen LogP contribution is -1.83. The van der Waals surface area contributed by atoms with Crippen LogP contribution < -0.4 is 0 Å². The largest absolute Gasteiger partial charge is 0.345 e. The quantitative estimate of drug-likeness (QED) is 0.595. The molecule has 4 rings (SSSR count). The summed E-state index contributed by atoms with van der Waals surface area (Å²) in [5, 5.41) is 0. The van der Waals surface area contributed by atoms with Crippen LogP contribution in [0.2, 0.25) is 0 Å². The number of aromatic nitrogens is 4. The summed E-state index contributed by atoms with van der Waals surface area (Å²) < 4.78 is 0. The normalized spacial score (nSPS) is 10.7. The average Bonchev–Trinajstić information content (AvgIpc) is 3.29. The average molecular weight is 286 g/mol. The molecule has 4 heteroatoms. The maximum absolute atomic E-state index is 4.26. The third-order valence-electron chi connectivity index (χ3n) is 3.65. The first kappa shape index (κ1) is 12.6. The second kappa shape index (κ2) is 5.33. The molecule has 0 amide bonds. The number of imidazole rings is 2. The van der Waals surface area contributed by atoms with E-state index in [-0.39, 0.29) is 0 Å². The number of H-pyrrole nitrogens is 2. The molecule has 0 aliphatic rings. The molecular formula is C18H14N4. The fourth-order valence-corrected chi connectivity index (χ4v) is 2.49. The van der Waals surface area contributed by atoms with Gasteiger partial charge in [0.2, 0.25) is 0 Å². The topological polar surface area (TPSA) is 57.4 Å². The summed E-state index contributed by atoms with van der Waals surface area (Å²) >= 11 is 0. The summed E-state index contributed by atoms with van der Waals surface area (Å²) in [4.78, 5) is 14.8. The van der Waals surface area contributed by atoms with E-state index in [0.29, 0.717) is 0 Å². The van der Waals surface area contributed by atoms with Gasteiger partial charge in [0.1, 0.15) is 11.6 Å². The molecule has 0 spiro atoms. The van der Waals surface area contributed by atoms with E-state index in [1.54, 1.807) is 12.4 Å². The van der Waals surface area contributed by atoms with E-state index in [1.807, 2.05) is 12.4 Å². The molecule has 2 aromatic heterocycles. The number of aromatic amines is 2. The van der Waals surface area contributed by atoms with Crippen molar-refractivity contribution >= 4 is 0 Å². The van der Waals surface area contributed by atoms with Crippen molar-refractivity contribution in [3.8, 4) is 33.9 Å². The summed E-state index contributed by atoms with van der Waals surface area (Å²) in [6.07, 6.45) is 7.18. The van der Waals surface area contributed by atoms with Gasteiger partial charge in [0.25, 0.3) is 0 Å². The molecule has 0 fully saturated rings. The Balaban J connectivity index is 1.62. The Morgan fingerprint density at radius 1 is 0.500 bits per heavy atom. The zero-order valence-corrected chi connectivity index (χ0v) is 11.8. The van der Waals surface area contributed by atoms with Crippen molar-refractivity contribution in [2.24, 2.45) is 0 Å². The van der Waals surface area contributed by atoms with Gasteiger partial charge in [-0.05, 0) is 11.1 Å². The van der Waals surface area contributed by atoms with E-state index in [2.05, 4.69) is 68.5 Å². The summed E-state index contributed by atoms with van der Waals surface area (Å²) in [6.45, 7) is 0. The number of benzene rings is 2. The van der Waals surface area contributed by atoms with Crippen LogP contribution in [0.15, 0.2) is 73.3 Å². The molecule has 4 aromatic rings. The Labute approximate surface area is 127 Å². The van der Waals surface area contributed by atoms with Gasteiger partial charge < -0.3 is 9.97 Å². The molecule has 0 saturated heterocycles. The molecule has 2 heterocycles. The van der Waals surface area contributed by atoms with Crippen LogP contribution in [0.3, 0.4) is 0 Å². The van der Waals surface area contributed by atoms with Crippen LogP contribution in [0.25, 0.3) is 33.9 Å².